The van der Waals surface area contributed by atoms with Crippen molar-refractivity contribution in [3.63, 3.8) is 0 Å². The summed E-state index contributed by atoms with van der Waals surface area (Å²) in [4.78, 5) is 10.9. The summed E-state index contributed by atoms with van der Waals surface area (Å²) in [5.41, 5.74) is 11.6. The maximum absolute atomic E-state index is 5.53. The molecular formula is C43H30N2. The van der Waals surface area contributed by atoms with E-state index in [1.54, 1.807) is 0 Å². The van der Waals surface area contributed by atoms with Crippen LogP contribution in [0.3, 0.4) is 0 Å². The van der Waals surface area contributed by atoms with E-state index < -0.39 is 0 Å². The van der Waals surface area contributed by atoms with Gasteiger partial charge in [0.2, 0.25) is 0 Å². The number of rotatable bonds is 3. The monoisotopic (exact) mass is 574 g/mol. The van der Waals surface area contributed by atoms with Gasteiger partial charge in [-0.3, -0.25) is 0 Å². The number of benzene rings is 7. The zero-order valence-corrected chi connectivity index (χ0v) is 25.3. The number of nitrogens with zero attached hydrogens (tertiary/aromatic N) is 2. The van der Waals surface area contributed by atoms with Gasteiger partial charge in [0.25, 0.3) is 0 Å². The van der Waals surface area contributed by atoms with Crippen molar-refractivity contribution in [2.24, 2.45) is 0 Å². The zero-order valence-electron chi connectivity index (χ0n) is 25.3. The van der Waals surface area contributed by atoms with Crippen molar-refractivity contribution in [1.29, 1.82) is 0 Å². The normalized spacial score (nSPS) is 13.3. The van der Waals surface area contributed by atoms with Gasteiger partial charge >= 0.3 is 0 Å². The first-order valence-electron chi connectivity index (χ1n) is 15.6. The van der Waals surface area contributed by atoms with E-state index in [0.717, 1.165) is 33.5 Å². The van der Waals surface area contributed by atoms with Gasteiger partial charge in [0.05, 0.1) is 11.2 Å². The summed E-state index contributed by atoms with van der Waals surface area (Å²) >= 11 is 0. The van der Waals surface area contributed by atoms with Crippen LogP contribution in [-0.2, 0) is 5.41 Å². The SMILES string of the molecule is CC1(C)c2ccccc2-c2c1cc1ccccc1c2-c1nc(-c2ccc(-c3ccccc3)cc2)c2c(ccc3ccccc32)n1. The minimum Gasteiger partial charge on any atom is -0.228 e. The number of fused-ring (bicyclic) bond motifs is 7. The van der Waals surface area contributed by atoms with Crippen molar-refractivity contribution in [3.8, 4) is 44.9 Å². The van der Waals surface area contributed by atoms with E-state index in [4.69, 9.17) is 9.97 Å². The van der Waals surface area contributed by atoms with E-state index in [2.05, 4.69) is 159 Å². The van der Waals surface area contributed by atoms with Crippen molar-refractivity contribution < 1.29 is 0 Å². The van der Waals surface area contributed by atoms with Crippen LogP contribution in [0.25, 0.3) is 77.3 Å². The molecule has 2 heteroatoms. The van der Waals surface area contributed by atoms with Crippen LogP contribution in [-0.4, -0.2) is 9.97 Å². The fourth-order valence-corrected chi connectivity index (χ4v) is 7.42. The molecule has 9 rings (SSSR count). The van der Waals surface area contributed by atoms with E-state index in [9.17, 15) is 0 Å². The van der Waals surface area contributed by atoms with Crippen molar-refractivity contribution in [1.82, 2.24) is 9.97 Å². The molecule has 1 aliphatic rings. The first-order valence-corrected chi connectivity index (χ1v) is 15.6. The van der Waals surface area contributed by atoms with Gasteiger partial charge in [-0.15, -0.1) is 0 Å². The Bertz CT molecular complexity index is 2440. The first kappa shape index (κ1) is 25.9. The molecule has 0 atom stereocenters. The second-order valence-electron chi connectivity index (χ2n) is 12.6. The Balaban J connectivity index is 1.38. The highest BCUT2D eigenvalue weighted by Crippen LogP contribution is 2.54. The lowest BCUT2D eigenvalue weighted by Gasteiger charge is -2.22. The Kier molecular flexibility index (Phi) is 5.58. The Morgan fingerprint density at radius 2 is 1.11 bits per heavy atom. The molecule has 8 aromatic rings. The third kappa shape index (κ3) is 3.89. The highest BCUT2D eigenvalue weighted by Gasteiger charge is 2.38. The van der Waals surface area contributed by atoms with E-state index in [1.165, 1.54) is 54.9 Å². The van der Waals surface area contributed by atoms with Crippen LogP contribution in [0.2, 0.25) is 0 Å². The molecule has 0 saturated carbocycles. The van der Waals surface area contributed by atoms with Crippen LogP contribution in [0.1, 0.15) is 25.0 Å². The van der Waals surface area contributed by atoms with E-state index in [0.29, 0.717) is 0 Å². The average molecular weight is 575 g/mol. The molecule has 0 unspecified atom stereocenters. The molecule has 0 N–H and O–H groups in total. The molecule has 45 heavy (non-hydrogen) atoms. The largest absolute Gasteiger partial charge is 0.228 e. The van der Waals surface area contributed by atoms with Crippen LogP contribution in [0, 0.1) is 0 Å². The topological polar surface area (TPSA) is 25.8 Å². The maximum atomic E-state index is 5.53. The van der Waals surface area contributed by atoms with Gasteiger partial charge in [-0.25, -0.2) is 9.97 Å². The van der Waals surface area contributed by atoms with Gasteiger partial charge in [0.15, 0.2) is 5.82 Å². The minimum atomic E-state index is -0.131. The van der Waals surface area contributed by atoms with Crippen LogP contribution in [0.4, 0.5) is 0 Å². The fraction of sp³-hybridized carbons (Fsp3) is 0.0698. The molecule has 0 radical (unpaired) electrons. The number of hydrogen-bond acceptors (Lipinski definition) is 2. The molecule has 212 valence electrons. The summed E-state index contributed by atoms with van der Waals surface area (Å²) < 4.78 is 0. The van der Waals surface area contributed by atoms with Crippen molar-refractivity contribution >= 4 is 32.4 Å². The Morgan fingerprint density at radius 3 is 1.93 bits per heavy atom. The molecular weight excluding hydrogens is 544 g/mol. The molecule has 1 aromatic heterocycles. The zero-order chi connectivity index (χ0) is 30.1. The first-order chi connectivity index (χ1) is 22.1. The lowest BCUT2D eigenvalue weighted by molar-refractivity contribution is 0.661. The Labute approximate surface area is 262 Å². The summed E-state index contributed by atoms with van der Waals surface area (Å²) in [5, 5.41) is 5.82. The summed E-state index contributed by atoms with van der Waals surface area (Å²) in [7, 11) is 0. The summed E-state index contributed by atoms with van der Waals surface area (Å²) in [6.45, 7) is 4.67. The van der Waals surface area contributed by atoms with Crippen molar-refractivity contribution in [3.05, 3.63) is 157 Å². The molecule has 0 amide bonds. The molecule has 0 spiro atoms. The van der Waals surface area contributed by atoms with Gasteiger partial charge in [0.1, 0.15) is 0 Å². The van der Waals surface area contributed by atoms with E-state index >= 15 is 0 Å². The van der Waals surface area contributed by atoms with Crippen LogP contribution < -0.4 is 0 Å². The third-order valence-corrected chi connectivity index (χ3v) is 9.67. The molecule has 0 saturated heterocycles. The predicted molar refractivity (Wildman–Crippen MR) is 188 cm³/mol. The lowest BCUT2D eigenvalue weighted by Crippen LogP contribution is -2.15. The standard InChI is InChI=1S/C43H30N2/c1-43(2)35-19-11-10-18-34(35)38-36(43)26-31-15-7-9-17-33(31)40(38)42-44-37-25-24-29-14-6-8-16-32(29)39(37)41(45-42)30-22-20-28(21-23-30)27-12-4-3-5-13-27/h3-26H,1-2H3. The van der Waals surface area contributed by atoms with Gasteiger partial charge in [-0.05, 0) is 67.1 Å². The molecule has 1 aliphatic carbocycles. The highest BCUT2D eigenvalue weighted by molar-refractivity contribution is 6.14. The Hall–Kier alpha value is -5.60. The fourth-order valence-electron chi connectivity index (χ4n) is 7.42. The molecule has 0 fully saturated rings. The average Bonchev–Trinajstić information content (AvgIpc) is 3.32. The summed E-state index contributed by atoms with van der Waals surface area (Å²) in [5.74, 6) is 0.764. The summed E-state index contributed by atoms with van der Waals surface area (Å²) in [6, 6.07) is 52.2. The molecule has 2 nitrogen and oxygen atoms in total. The van der Waals surface area contributed by atoms with Crippen molar-refractivity contribution in [2.75, 3.05) is 0 Å². The second kappa shape index (κ2) is 9.70. The Morgan fingerprint density at radius 1 is 0.467 bits per heavy atom. The van der Waals surface area contributed by atoms with Crippen LogP contribution in [0.5, 0.6) is 0 Å². The molecule has 0 aliphatic heterocycles. The minimum absolute atomic E-state index is 0.131. The van der Waals surface area contributed by atoms with Crippen LogP contribution in [0.15, 0.2) is 146 Å². The lowest BCUT2D eigenvalue weighted by atomic mass is 9.81. The molecule has 0 bridgehead atoms. The van der Waals surface area contributed by atoms with Crippen molar-refractivity contribution in [2.45, 2.75) is 19.3 Å². The van der Waals surface area contributed by atoms with Crippen LogP contribution >= 0.6 is 0 Å². The van der Waals surface area contributed by atoms with E-state index in [-0.39, 0.29) is 5.41 Å². The summed E-state index contributed by atoms with van der Waals surface area (Å²) in [6.07, 6.45) is 0. The molecule has 1 heterocycles. The second-order valence-corrected chi connectivity index (χ2v) is 12.6. The van der Waals surface area contributed by atoms with Gasteiger partial charge < -0.3 is 0 Å². The van der Waals surface area contributed by atoms with E-state index in [1.807, 2.05) is 0 Å². The maximum Gasteiger partial charge on any atom is 0.161 e. The smallest absolute Gasteiger partial charge is 0.161 e. The molecule has 7 aromatic carbocycles. The predicted octanol–water partition coefficient (Wildman–Crippen LogP) is 11.2. The van der Waals surface area contributed by atoms with Gasteiger partial charge in [-0.1, -0.05) is 147 Å². The quantitative estimate of drug-likeness (QED) is 0.196. The number of aromatic nitrogens is 2. The van der Waals surface area contributed by atoms with Gasteiger partial charge in [-0.2, -0.15) is 0 Å². The highest BCUT2D eigenvalue weighted by atomic mass is 14.9. The third-order valence-electron chi connectivity index (χ3n) is 9.67. The van der Waals surface area contributed by atoms with Gasteiger partial charge in [0, 0.05) is 21.9 Å². The number of hydrogen-bond donors (Lipinski definition) is 0.